The van der Waals surface area contributed by atoms with Crippen LogP contribution in [0.1, 0.15) is 52.9 Å². The number of sulfone groups is 2. The van der Waals surface area contributed by atoms with E-state index in [4.69, 9.17) is 23.2 Å². The molecular formula is C46H42BrCl2N5O8S3. The number of carbonyl (C=O) groups is 2. The van der Waals surface area contributed by atoms with Gasteiger partial charge in [0.25, 0.3) is 0 Å². The highest BCUT2D eigenvalue weighted by molar-refractivity contribution is 9.10. The first kappa shape index (κ1) is 49.2. The molecule has 0 amide bonds. The van der Waals surface area contributed by atoms with E-state index in [-0.39, 0.29) is 49.5 Å². The summed E-state index contributed by atoms with van der Waals surface area (Å²) in [6, 6.07) is 34.6. The van der Waals surface area contributed by atoms with E-state index in [1.807, 2.05) is 60.7 Å². The van der Waals surface area contributed by atoms with Crippen LogP contribution in [-0.4, -0.2) is 75.0 Å². The summed E-state index contributed by atoms with van der Waals surface area (Å²) in [5.74, 6) is 0.956. The van der Waals surface area contributed by atoms with Gasteiger partial charge in [0.2, 0.25) is 10.0 Å². The number of halogens is 3. The third-order valence-corrected chi connectivity index (χ3v) is 15.3. The molecule has 19 heteroatoms. The van der Waals surface area contributed by atoms with Gasteiger partial charge < -0.3 is 9.13 Å². The molecule has 13 nitrogen and oxygen atoms in total. The quantitative estimate of drug-likeness (QED) is 0.109. The molecule has 0 unspecified atom stereocenters. The van der Waals surface area contributed by atoms with Crippen molar-refractivity contribution in [2.75, 3.05) is 12.5 Å². The summed E-state index contributed by atoms with van der Waals surface area (Å²) in [4.78, 5) is 32.3. The lowest BCUT2D eigenvalue weighted by Gasteiger charge is -2.22. The highest BCUT2D eigenvalue weighted by atomic mass is 79.9. The molecule has 0 radical (unpaired) electrons. The summed E-state index contributed by atoms with van der Waals surface area (Å²) in [7, 11) is -11.1. The molecule has 5 aromatic carbocycles. The Morgan fingerprint density at radius 2 is 1.09 bits per heavy atom. The smallest absolute Gasteiger partial charge is 0.241 e. The molecule has 0 spiro atoms. The highest BCUT2D eigenvalue weighted by Gasteiger charge is 2.27. The molecule has 2 heterocycles. The van der Waals surface area contributed by atoms with Crippen molar-refractivity contribution in [2.24, 2.45) is 0 Å². The fourth-order valence-electron chi connectivity index (χ4n) is 6.91. The van der Waals surface area contributed by atoms with Crippen molar-refractivity contribution in [3.05, 3.63) is 159 Å². The van der Waals surface area contributed by atoms with Crippen molar-refractivity contribution in [3.8, 4) is 33.9 Å². The van der Waals surface area contributed by atoms with Gasteiger partial charge in [-0.2, -0.15) is 0 Å². The van der Waals surface area contributed by atoms with Gasteiger partial charge in [0.15, 0.2) is 42.6 Å². The zero-order valence-electron chi connectivity index (χ0n) is 35.5. The Kier molecular flexibility index (Phi) is 14.9. The number of nitrogens with zero attached hydrogens (tertiary/aromatic N) is 4. The van der Waals surface area contributed by atoms with Gasteiger partial charge in [-0.05, 0) is 77.7 Å². The molecule has 65 heavy (non-hydrogen) atoms. The lowest BCUT2D eigenvalue weighted by atomic mass is 10.0. The number of carbonyl (C=O) groups excluding carboxylic acids is 2. The maximum Gasteiger partial charge on any atom is 0.241 e. The Balaban J connectivity index is 0.000000233. The van der Waals surface area contributed by atoms with E-state index in [0.29, 0.717) is 56.5 Å². The summed E-state index contributed by atoms with van der Waals surface area (Å²) >= 11 is 15.7. The lowest BCUT2D eigenvalue weighted by molar-refractivity contribution is 0.110. The second kappa shape index (κ2) is 19.7. The molecule has 0 bridgehead atoms. The third kappa shape index (κ3) is 11.6. The number of hydrogen-bond acceptors (Lipinski definition) is 10. The Labute approximate surface area is 396 Å². The molecule has 0 aliphatic heterocycles. The Bertz CT molecular complexity index is 3260. The van der Waals surface area contributed by atoms with E-state index in [1.165, 1.54) is 12.1 Å². The summed E-state index contributed by atoms with van der Waals surface area (Å²) in [6.07, 6.45) is 3.47. The first-order valence-electron chi connectivity index (χ1n) is 19.5. The first-order chi connectivity index (χ1) is 30.5. The molecule has 338 valence electrons. The van der Waals surface area contributed by atoms with Crippen LogP contribution in [0, 0.1) is 0 Å². The van der Waals surface area contributed by atoms with Crippen LogP contribution in [-0.2, 0) is 42.8 Å². The minimum Gasteiger partial charge on any atom is -0.316 e. The fourth-order valence-corrected chi connectivity index (χ4v) is 11.9. The summed E-state index contributed by atoms with van der Waals surface area (Å²) in [5, 5.41) is 0.117. The normalized spacial score (nSPS) is 12.1. The zero-order valence-corrected chi connectivity index (χ0v) is 41.1. The van der Waals surface area contributed by atoms with Gasteiger partial charge in [-0.1, -0.05) is 120 Å². The average Bonchev–Trinajstić information content (AvgIpc) is 3.74. The van der Waals surface area contributed by atoms with Crippen LogP contribution >= 0.6 is 39.1 Å². The monoisotopic (exact) mass is 1040 g/mol. The van der Waals surface area contributed by atoms with Crippen molar-refractivity contribution < 1.29 is 34.8 Å². The summed E-state index contributed by atoms with van der Waals surface area (Å²) < 4.78 is 82.6. The van der Waals surface area contributed by atoms with Gasteiger partial charge >= 0.3 is 0 Å². The van der Waals surface area contributed by atoms with Crippen molar-refractivity contribution in [1.29, 1.82) is 0 Å². The number of rotatable bonds is 13. The van der Waals surface area contributed by atoms with Gasteiger partial charge in [0, 0.05) is 45.8 Å². The minimum atomic E-state index is -3.91. The van der Waals surface area contributed by atoms with Crippen LogP contribution in [0.15, 0.2) is 140 Å². The standard InChI is InChI=1S/C28H28ClN3O5S2.C18H14BrClN2O3S/c1-28(2,3)31-39(36,37)24-13-9-8-12-22(24)20-14-15-21(25(16-20)38(4,34)35)17-32-23(18-33)26(29)30-27(32)19-10-6-5-7-11-19;1-26(24,25)16-9-12(7-8-14(16)19)10-22-15(11-23)17(20)21-18(22)13-5-3-2-4-6-13/h5-16,18,31H,17H2,1-4H3;2-9,11H,10H2,1H3. The Hall–Kier alpha value is -5.27. The number of imidazole rings is 2. The lowest BCUT2D eigenvalue weighted by Crippen LogP contribution is -2.40. The Morgan fingerprint density at radius 1 is 0.600 bits per heavy atom. The largest absolute Gasteiger partial charge is 0.316 e. The van der Waals surface area contributed by atoms with E-state index in [1.54, 1.807) is 78.4 Å². The molecular weight excluding hydrogens is 998 g/mol. The summed E-state index contributed by atoms with van der Waals surface area (Å²) in [6.45, 7) is 5.47. The molecule has 0 saturated carbocycles. The molecule has 7 rings (SSSR count). The molecule has 0 saturated heterocycles. The van der Waals surface area contributed by atoms with Crippen molar-refractivity contribution in [1.82, 2.24) is 23.8 Å². The van der Waals surface area contributed by atoms with Crippen molar-refractivity contribution in [3.63, 3.8) is 0 Å². The maximum absolute atomic E-state index is 13.2. The van der Waals surface area contributed by atoms with E-state index < -0.39 is 35.2 Å². The predicted octanol–water partition coefficient (Wildman–Crippen LogP) is 9.44. The third-order valence-electron chi connectivity index (χ3n) is 9.67. The van der Waals surface area contributed by atoms with Crippen molar-refractivity contribution >= 4 is 81.4 Å². The zero-order chi connectivity index (χ0) is 47.5. The van der Waals surface area contributed by atoms with E-state index in [9.17, 15) is 34.8 Å². The van der Waals surface area contributed by atoms with Gasteiger partial charge in [-0.25, -0.2) is 39.9 Å². The van der Waals surface area contributed by atoms with E-state index in [0.717, 1.165) is 18.1 Å². The van der Waals surface area contributed by atoms with Crippen molar-refractivity contribution in [2.45, 2.75) is 54.1 Å². The SMILES string of the molecule is CC(C)(C)NS(=O)(=O)c1ccccc1-c1ccc(Cn2c(-c3ccccc3)nc(Cl)c2C=O)c(S(C)(=O)=O)c1.CS(=O)(=O)c1cc(Cn2c(-c3ccccc3)nc(Cl)c2C=O)ccc1Br. The number of benzene rings is 5. The van der Waals surface area contributed by atoms with Crippen LogP contribution in [0.3, 0.4) is 0 Å². The minimum absolute atomic E-state index is 0.00309. The number of aldehydes is 2. The van der Waals surface area contributed by atoms with Crippen LogP contribution in [0.25, 0.3) is 33.9 Å². The average molecular weight is 1040 g/mol. The Morgan fingerprint density at radius 3 is 1.58 bits per heavy atom. The highest BCUT2D eigenvalue weighted by Crippen LogP contribution is 2.34. The number of aromatic nitrogens is 4. The summed E-state index contributed by atoms with van der Waals surface area (Å²) in [5.41, 5.74) is 3.03. The molecule has 0 aliphatic rings. The molecule has 0 fully saturated rings. The molecule has 2 aromatic heterocycles. The molecule has 1 N–H and O–H groups in total. The number of nitrogens with one attached hydrogen (secondary N) is 1. The number of hydrogen-bond donors (Lipinski definition) is 1. The van der Waals surface area contributed by atoms with Gasteiger partial charge in [-0.3, -0.25) is 9.59 Å². The molecule has 0 atom stereocenters. The second-order valence-electron chi connectivity index (χ2n) is 15.8. The van der Waals surface area contributed by atoms with Crippen LogP contribution in [0.4, 0.5) is 0 Å². The van der Waals surface area contributed by atoms with Crippen LogP contribution in [0.2, 0.25) is 10.3 Å². The number of sulfonamides is 1. The van der Waals surface area contributed by atoms with Gasteiger partial charge in [0.1, 0.15) is 23.0 Å². The van der Waals surface area contributed by atoms with E-state index >= 15 is 0 Å². The molecule has 0 aliphatic carbocycles. The van der Waals surface area contributed by atoms with E-state index in [2.05, 4.69) is 30.6 Å². The second-order valence-corrected chi connectivity index (χ2v) is 23.0. The van der Waals surface area contributed by atoms with Gasteiger partial charge in [0.05, 0.1) is 21.2 Å². The molecule has 7 aromatic rings. The van der Waals surface area contributed by atoms with Crippen LogP contribution < -0.4 is 4.72 Å². The first-order valence-corrected chi connectivity index (χ1v) is 26.3. The van der Waals surface area contributed by atoms with Crippen LogP contribution in [0.5, 0.6) is 0 Å². The maximum atomic E-state index is 13.2. The topological polar surface area (TPSA) is 184 Å². The van der Waals surface area contributed by atoms with Gasteiger partial charge in [-0.15, -0.1) is 0 Å². The predicted molar refractivity (Wildman–Crippen MR) is 257 cm³/mol. The fraction of sp³-hybridized carbons (Fsp3) is 0.174.